The van der Waals surface area contributed by atoms with Gasteiger partial charge in [0.1, 0.15) is 11.3 Å². The molecule has 3 rings (SSSR count). The van der Waals surface area contributed by atoms with Gasteiger partial charge in [-0.3, -0.25) is 0 Å². The number of hydrogen-bond donors (Lipinski definition) is 1. The van der Waals surface area contributed by atoms with Gasteiger partial charge in [-0.1, -0.05) is 19.9 Å². The zero-order valence-corrected chi connectivity index (χ0v) is 11.6. The van der Waals surface area contributed by atoms with Crippen molar-refractivity contribution in [1.29, 1.82) is 0 Å². The van der Waals surface area contributed by atoms with E-state index in [4.69, 9.17) is 17.0 Å². The lowest BCUT2D eigenvalue weighted by molar-refractivity contribution is 0.320. The molecule has 1 fully saturated rings. The van der Waals surface area contributed by atoms with E-state index in [2.05, 4.69) is 29.5 Å². The van der Waals surface area contributed by atoms with Gasteiger partial charge < -0.3 is 14.3 Å². The van der Waals surface area contributed by atoms with Gasteiger partial charge in [0.25, 0.3) is 0 Å². The van der Waals surface area contributed by atoms with Crippen LogP contribution in [0, 0.1) is 10.7 Å². The highest BCUT2D eigenvalue weighted by atomic mass is 32.1. The lowest BCUT2D eigenvalue weighted by Gasteiger charge is -2.06. The summed E-state index contributed by atoms with van der Waals surface area (Å²) in [7, 11) is 0. The van der Waals surface area contributed by atoms with Gasteiger partial charge in [-0.2, -0.15) is 0 Å². The topological polar surface area (TPSA) is 29.9 Å². The molecule has 0 saturated heterocycles. The first-order valence-electron chi connectivity index (χ1n) is 6.58. The third-order valence-electron chi connectivity index (χ3n) is 3.57. The Kier molecular flexibility index (Phi) is 2.90. The Morgan fingerprint density at radius 2 is 2.28 bits per heavy atom. The molecular formula is C14H18N2OS. The molecule has 0 spiro atoms. The monoisotopic (exact) mass is 262 g/mol. The highest BCUT2D eigenvalue weighted by Gasteiger charge is 2.36. The van der Waals surface area contributed by atoms with Crippen LogP contribution in [-0.4, -0.2) is 16.2 Å². The molecule has 96 valence electrons. The average molecular weight is 262 g/mol. The smallest absolute Gasteiger partial charge is 0.178 e. The molecule has 0 amide bonds. The fourth-order valence-electron chi connectivity index (χ4n) is 2.45. The number of H-pyrrole nitrogens is 1. The highest BCUT2D eigenvalue weighted by Crippen LogP contribution is 2.45. The van der Waals surface area contributed by atoms with Crippen LogP contribution in [0.3, 0.4) is 0 Å². The van der Waals surface area contributed by atoms with E-state index in [1.807, 2.05) is 12.1 Å². The van der Waals surface area contributed by atoms with Crippen LogP contribution in [0.1, 0.15) is 32.7 Å². The van der Waals surface area contributed by atoms with E-state index in [1.54, 1.807) is 0 Å². The van der Waals surface area contributed by atoms with Crippen LogP contribution in [0.2, 0.25) is 0 Å². The Hall–Kier alpha value is -1.29. The van der Waals surface area contributed by atoms with E-state index >= 15 is 0 Å². The van der Waals surface area contributed by atoms with Gasteiger partial charge >= 0.3 is 0 Å². The van der Waals surface area contributed by atoms with Gasteiger partial charge in [0.2, 0.25) is 0 Å². The third kappa shape index (κ3) is 1.85. The summed E-state index contributed by atoms with van der Waals surface area (Å²) < 4.78 is 8.83. The number of rotatable bonds is 4. The summed E-state index contributed by atoms with van der Waals surface area (Å²) in [6.07, 6.45) is 2.23. The van der Waals surface area contributed by atoms with Gasteiger partial charge in [-0.05, 0) is 43.1 Å². The summed E-state index contributed by atoms with van der Waals surface area (Å²) in [5.41, 5.74) is 2.21. The normalized spacial score (nSPS) is 22.3. The Morgan fingerprint density at radius 3 is 2.94 bits per heavy atom. The first-order valence-corrected chi connectivity index (χ1v) is 6.99. The molecule has 18 heavy (non-hydrogen) atoms. The number of aromatic amines is 1. The number of aromatic nitrogens is 2. The van der Waals surface area contributed by atoms with Crippen LogP contribution >= 0.6 is 12.2 Å². The fraction of sp³-hybridized carbons (Fsp3) is 0.500. The predicted octanol–water partition coefficient (Wildman–Crippen LogP) is 4.07. The molecule has 4 heteroatoms. The minimum absolute atomic E-state index is 0.563. The molecular weight excluding hydrogens is 244 g/mol. The number of hydrogen-bond acceptors (Lipinski definition) is 2. The van der Waals surface area contributed by atoms with E-state index in [0.29, 0.717) is 6.04 Å². The second-order valence-corrected chi connectivity index (χ2v) is 5.47. The molecule has 0 bridgehead atoms. The number of nitrogens with one attached hydrogen (secondary N) is 1. The maximum absolute atomic E-state index is 5.77. The Balaban J connectivity index is 2.10. The summed E-state index contributed by atoms with van der Waals surface area (Å²) >= 11 is 5.45. The second kappa shape index (κ2) is 4.43. The lowest BCUT2D eigenvalue weighted by Crippen LogP contribution is -1.97. The van der Waals surface area contributed by atoms with Crippen LogP contribution in [0.5, 0.6) is 5.75 Å². The number of para-hydroxylation sites is 1. The molecule has 3 nitrogen and oxygen atoms in total. The van der Waals surface area contributed by atoms with Crippen LogP contribution < -0.4 is 4.74 Å². The van der Waals surface area contributed by atoms with E-state index in [-0.39, 0.29) is 0 Å². The molecule has 1 aromatic heterocycles. The van der Waals surface area contributed by atoms with E-state index < -0.39 is 0 Å². The van der Waals surface area contributed by atoms with Crippen LogP contribution in [-0.2, 0) is 0 Å². The van der Waals surface area contributed by atoms with E-state index in [1.165, 1.54) is 11.9 Å². The van der Waals surface area contributed by atoms with Crippen molar-refractivity contribution in [3.63, 3.8) is 0 Å². The molecule has 0 aliphatic heterocycles. The number of fused-ring (bicyclic) bond motifs is 1. The summed E-state index contributed by atoms with van der Waals surface area (Å²) in [6, 6.07) is 6.72. The zero-order chi connectivity index (χ0) is 12.7. The first kappa shape index (κ1) is 11.8. The molecule has 1 aliphatic carbocycles. The van der Waals surface area contributed by atoms with Gasteiger partial charge in [0.05, 0.1) is 12.1 Å². The average Bonchev–Trinajstić information content (AvgIpc) is 2.96. The number of ether oxygens (including phenoxy) is 1. The third-order valence-corrected chi connectivity index (χ3v) is 3.87. The summed E-state index contributed by atoms with van der Waals surface area (Å²) in [5.74, 6) is 1.64. The second-order valence-electron chi connectivity index (χ2n) is 5.08. The first-order chi connectivity index (χ1) is 8.72. The van der Waals surface area contributed by atoms with Gasteiger partial charge in [0, 0.05) is 6.04 Å². The van der Waals surface area contributed by atoms with Crippen molar-refractivity contribution in [3.8, 4) is 5.75 Å². The van der Waals surface area contributed by atoms with Crippen LogP contribution in [0.15, 0.2) is 18.2 Å². The zero-order valence-electron chi connectivity index (χ0n) is 10.8. The quantitative estimate of drug-likeness (QED) is 0.842. The van der Waals surface area contributed by atoms with E-state index in [0.717, 1.165) is 35.0 Å². The van der Waals surface area contributed by atoms with Crippen molar-refractivity contribution in [2.45, 2.75) is 32.7 Å². The molecule has 1 N–H and O–H groups in total. The van der Waals surface area contributed by atoms with Gasteiger partial charge in [-0.25, -0.2) is 0 Å². The molecule has 1 saturated carbocycles. The van der Waals surface area contributed by atoms with Crippen molar-refractivity contribution in [2.75, 3.05) is 6.61 Å². The summed E-state index contributed by atoms with van der Waals surface area (Å²) in [6.45, 7) is 5.12. The van der Waals surface area contributed by atoms with Crippen molar-refractivity contribution in [2.24, 2.45) is 5.92 Å². The molecule has 1 aromatic carbocycles. The van der Waals surface area contributed by atoms with Crippen LogP contribution in [0.4, 0.5) is 0 Å². The Bertz CT molecular complexity index is 628. The summed E-state index contributed by atoms with van der Waals surface area (Å²) in [5, 5.41) is 0. The molecule has 2 atom stereocenters. The predicted molar refractivity (Wildman–Crippen MR) is 75.7 cm³/mol. The van der Waals surface area contributed by atoms with Gasteiger partial charge in [-0.15, -0.1) is 0 Å². The summed E-state index contributed by atoms with van der Waals surface area (Å²) in [4.78, 5) is 3.30. The molecule has 2 aromatic rings. The molecule has 1 heterocycles. The standard InChI is InChI=1S/C14H18N2OS/c1-3-7-17-12-6-4-5-10-13(12)15-14(18)16(10)11-8-9(11)2/h4-6,9,11H,3,7-8H2,1-2H3,(H,15,18). The Labute approximate surface area is 112 Å². The minimum atomic E-state index is 0.563. The number of benzene rings is 1. The van der Waals surface area contributed by atoms with Crippen LogP contribution in [0.25, 0.3) is 11.0 Å². The van der Waals surface area contributed by atoms with Crippen molar-refractivity contribution in [1.82, 2.24) is 9.55 Å². The lowest BCUT2D eigenvalue weighted by atomic mass is 10.3. The van der Waals surface area contributed by atoms with Crippen molar-refractivity contribution < 1.29 is 4.74 Å². The SMILES string of the molecule is CCCOc1cccc2c1[nH]c(=S)n2C1CC1C. The largest absolute Gasteiger partial charge is 0.491 e. The number of imidazole rings is 1. The highest BCUT2D eigenvalue weighted by molar-refractivity contribution is 7.71. The maximum Gasteiger partial charge on any atom is 0.178 e. The van der Waals surface area contributed by atoms with Crippen molar-refractivity contribution in [3.05, 3.63) is 23.0 Å². The molecule has 1 aliphatic rings. The Morgan fingerprint density at radius 1 is 1.50 bits per heavy atom. The maximum atomic E-state index is 5.77. The van der Waals surface area contributed by atoms with Crippen molar-refractivity contribution >= 4 is 23.3 Å². The molecule has 0 radical (unpaired) electrons. The fourth-order valence-corrected chi connectivity index (χ4v) is 2.78. The molecule has 2 unspecified atom stereocenters. The minimum Gasteiger partial charge on any atom is -0.491 e. The number of nitrogens with zero attached hydrogens (tertiary/aromatic N) is 1. The van der Waals surface area contributed by atoms with Gasteiger partial charge in [0.15, 0.2) is 4.77 Å². The van der Waals surface area contributed by atoms with E-state index in [9.17, 15) is 0 Å².